The van der Waals surface area contributed by atoms with Crippen LogP contribution in [0.15, 0.2) is 30.3 Å². The summed E-state index contributed by atoms with van der Waals surface area (Å²) >= 11 is 0. The van der Waals surface area contributed by atoms with Crippen LogP contribution in [0.25, 0.3) is 10.9 Å². The van der Waals surface area contributed by atoms with E-state index in [9.17, 15) is 14.4 Å². The Labute approximate surface area is 139 Å². The molecule has 3 rings (SSSR count). The van der Waals surface area contributed by atoms with Gasteiger partial charge in [-0.25, -0.2) is 4.79 Å². The molecule has 7 nitrogen and oxygen atoms in total. The van der Waals surface area contributed by atoms with Crippen molar-refractivity contribution < 1.29 is 14.4 Å². The minimum Gasteiger partial charge on any atom is -0.353 e. The number of nitrogens with zero attached hydrogens (tertiary/aromatic N) is 1. The van der Waals surface area contributed by atoms with Crippen molar-refractivity contribution in [3.63, 3.8) is 0 Å². The van der Waals surface area contributed by atoms with Crippen LogP contribution >= 0.6 is 0 Å². The highest BCUT2D eigenvalue weighted by atomic mass is 16.2. The van der Waals surface area contributed by atoms with E-state index in [1.54, 1.807) is 0 Å². The minimum absolute atomic E-state index is 0.151. The van der Waals surface area contributed by atoms with E-state index in [1.165, 1.54) is 5.39 Å². The number of imide groups is 1. The predicted molar refractivity (Wildman–Crippen MR) is 89.4 cm³/mol. The molecule has 0 radical (unpaired) electrons. The molecule has 126 valence electrons. The smallest absolute Gasteiger partial charge is 0.322 e. The molecule has 1 aromatic carbocycles. The molecule has 2 heterocycles. The quantitative estimate of drug-likeness (QED) is 0.783. The second kappa shape index (κ2) is 6.74. The lowest BCUT2D eigenvalue weighted by Crippen LogP contribution is -2.48. The number of benzene rings is 1. The number of carbonyl (C=O) groups excluding carboxylic acids is 3. The molecule has 3 N–H and O–H groups in total. The number of amides is 4. The summed E-state index contributed by atoms with van der Waals surface area (Å²) in [7, 11) is 0. The highest BCUT2D eigenvalue weighted by Gasteiger charge is 2.25. The van der Waals surface area contributed by atoms with E-state index in [0.29, 0.717) is 19.5 Å². The molecule has 2 aromatic rings. The van der Waals surface area contributed by atoms with Gasteiger partial charge in [0.25, 0.3) is 0 Å². The van der Waals surface area contributed by atoms with Crippen molar-refractivity contribution >= 4 is 28.7 Å². The monoisotopic (exact) mass is 328 g/mol. The summed E-state index contributed by atoms with van der Waals surface area (Å²) in [4.78, 5) is 34.9. The molecule has 0 aliphatic carbocycles. The average molecular weight is 328 g/mol. The Kier molecular flexibility index (Phi) is 4.50. The first kappa shape index (κ1) is 16.0. The summed E-state index contributed by atoms with van der Waals surface area (Å²) in [6.45, 7) is 3.12. The fraction of sp³-hybridized carbons (Fsp3) is 0.353. The van der Waals surface area contributed by atoms with Crippen LogP contribution in [0.3, 0.4) is 0 Å². The minimum atomic E-state index is -0.682. The standard InChI is InChI=1S/C17H20N4O3/c1-11-10-12-4-2-3-5-14(12)21(11)9-8-18-16(23)13-6-7-15(22)20-17(24)19-13/h2-5,10,13H,6-9H2,1H3,(H,18,23)(H2,19,20,22,24)/t13-/m1/s1. The summed E-state index contributed by atoms with van der Waals surface area (Å²) in [5, 5.41) is 8.66. The Morgan fingerprint density at radius 3 is 2.96 bits per heavy atom. The molecular weight excluding hydrogens is 308 g/mol. The zero-order chi connectivity index (χ0) is 17.1. The lowest BCUT2D eigenvalue weighted by atomic mass is 10.1. The van der Waals surface area contributed by atoms with Gasteiger partial charge < -0.3 is 15.2 Å². The number of hydrogen-bond donors (Lipinski definition) is 3. The van der Waals surface area contributed by atoms with Crippen LogP contribution in [0.1, 0.15) is 18.5 Å². The molecule has 1 aliphatic rings. The van der Waals surface area contributed by atoms with Crippen LogP contribution in [-0.2, 0) is 16.1 Å². The van der Waals surface area contributed by atoms with Gasteiger partial charge in [0.2, 0.25) is 11.8 Å². The van der Waals surface area contributed by atoms with E-state index in [-0.39, 0.29) is 18.2 Å². The summed E-state index contributed by atoms with van der Waals surface area (Å²) < 4.78 is 2.15. The van der Waals surface area contributed by atoms with Crippen molar-refractivity contribution in [2.75, 3.05) is 6.54 Å². The average Bonchev–Trinajstić information content (AvgIpc) is 2.75. The number of aromatic nitrogens is 1. The molecule has 7 heteroatoms. The van der Waals surface area contributed by atoms with E-state index < -0.39 is 12.1 Å². The van der Waals surface area contributed by atoms with Crippen LogP contribution in [0.2, 0.25) is 0 Å². The first-order chi connectivity index (χ1) is 11.5. The zero-order valence-corrected chi connectivity index (χ0v) is 13.5. The third kappa shape index (κ3) is 3.40. The molecule has 0 unspecified atom stereocenters. The molecular formula is C17H20N4O3. The Hall–Kier alpha value is -2.83. The number of rotatable bonds is 4. The van der Waals surface area contributed by atoms with Gasteiger partial charge >= 0.3 is 6.03 Å². The van der Waals surface area contributed by atoms with Gasteiger partial charge in [-0.1, -0.05) is 18.2 Å². The molecule has 0 spiro atoms. The largest absolute Gasteiger partial charge is 0.353 e. The second-order valence-corrected chi connectivity index (χ2v) is 5.90. The summed E-state index contributed by atoms with van der Waals surface area (Å²) in [6.07, 6.45) is 0.451. The van der Waals surface area contributed by atoms with Crippen molar-refractivity contribution in [3.05, 3.63) is 36.0 Å². The lowest BCUT2D eigenvalue weighted by molar-refractivity contribution is -0.123. The summed E-state index contributed by atoms with van der Waals surface area (Å²) in [6, 6.07) is 8.90. The van der Waals surface area contributed by atoms with Crippen molar-refractivity contribution in [3.8, 4) is 0 Å². The maximum Gasteiger partial charge on any atom is 0.322 e. The van der Waals surface area contributed by atoms with Crippen molar-refractivity contribution in [2.45, 2.75) is 32.4 Å². The zero-order valence-electron chi connectivity index (χ0n) is 13.5. The van der Waals surface area contributed by atoms with Gasteiger partial charge in [0.15, 0.2) is 0 Å². The number of fused-ring (bicyclic) bond motifs is 1. The molecule has 24 heavy (non-hydrogen) atoms. The predicted octanol–water partition coefficient (Wildman–Crippen LogP) is 1.05. The topological polar surface area (TPSA) is 92.2 Å². The van der Waals surface area contributed by atoms with Crippen molar-refractivity contribution in [1.29, 1.82) is 0 Å². The number of para-hydroxylation sites is 1. The van der Waals surface area contributed by atoms with Crippen molar-refractivity contribution in [2.24, 2.45) is 0 Å². The molecule has 0 saturated carbocycles. The molecule has 1 atom stereocenters. The summed E-state index contributed by atoms with van der Waals surface area (Å²) in [5.74, 6) is -0.633. The van der Waals surface area contributed by atoms with Gasteiger partial charge in [0.05, 0.1) is 0 Å². The normalized spacial score (nSPS) is 18.0. The van der Waals surface area contributed by atoms with Gasteiger partial charge in [-0.2, -0.15) is 0 Å². The van der Waals surface area contributed by atoms with Crippen LogP contribution in [0.5, 0.6) is 0 Å². The van der Waals surface area contributed by atoms with Gasteiger partial charge in [-0.15, -0.1) is 0 Å². The van der Waals surface area contributed by atoms with Crippen LogP contribution < -0.4 is 16.0 Å². The number of urea groups is 1. The van der Waals surface area contributed by atoms with E-state index in [4.69, 9.17) is 0 Å². The Morgan fingerprint density at radius 2 is 2.12 bits per heavy atom. The first-order valence-electron chi connectivity index (χ1n) is 7.97. The molecule has 1 fully saturated rings. The van der Waals surface area contributed by atoms with E-state index in [0.717, 1.165) is 11.2 Å². The van der Waals surface area contributed by atoms with Gasteiger partial charge in [-0.3, -0.25) is 14.9 Å². The van der Waals surface area contributed by atoms with E-state index in [1.807, 2.05) is 25.1 Å². The van der Waals surface area contributed by atoms with E-state index in [2.05, 4.69) is 32.7 Å². The highest BCUT2D eigenvalue weighted by Crippen LogP contribution is 2.18. The second-order valence-electron chi connectivity index (χ2n) is 5.90. The maximum atomic E-state index is 12.2. The molecule has 1 aliphatic heterocycles. The third-order valence-electron chi connectivity index (χ3n) is 4.19. The lowest BCUT2D eigenvalue weighted by Gasteiger charge is -2.15. The highest BCUT2D eigenvalue weighted by molar-refractivity contribution is 5.98. The summed E-state index contributed by atoms with van der Waals surface area (Å²) in [5.41, 5.74) is 2.25. The van der Waals surface area contributed by atoms with Crippen LogP contribution in [0.4, 0.5) is 4.79 Å². The third-order valence-corrected chi connectivity index (χ3v) is 4.19. The Bertz CT molecular complexity index is 796. The molecule has 0 bridgehead atoms. The van der Waals surface area contributed by atoms with Crippen LogP contribution in [0, 0.1) is 6.92 Å². The number of carbonyl (C=O) groups is 3. The molecule has 1 aromatic heterocycles. The van der Waals surface area contributed by atoms with Crippen molar-refractivity contribution in [1.82, 2.24) is 20.5 Å². The SMILES string of the molecule is Cc1cc2ccccc2n1CCNC(=O)[C@H]1CCC(=O)NC(=O)N1. The number of aryl methyl sites for hydroxylation is 1. The fourth-order valence-electron chi connectivity index (χ4n) is 2.99. The van der Waals surface area contributed by atoms with Crippen LogP contribution in [-0.4, -0.2) is 35.0 Å². The number of hydrogen-bond acceptors (Lipinski definition) is 3. The fourth-order valence-corrected chi connectivity index (χ4v) is 2.99. The number of nitrogens with one attached hydrogen (secondary N) is 3. The first-order valence-corrected chi connectivity index (χ1v) is 7.97. The Morgan fingerprint density at radius 1 is 1.33 bits per heavy atom. The molecule has 4 amide bonds. The van der Waals surface area contributed by atoms with Gasteiger partial charge in [-0.05, 0) is 30.9 Å². The molecule has 1 saturated heterocycles. The van der Waals surface area contributed by atoms with Gasteiger partial charge in [0, 0.05) is 30.7 Å². The maximum absolute atomic E-state index is 12.2. The Balaban J connectivity index is 1.59. The van der Waals surface area contributed by atoms with E-state index >= 15 is 0 Å². The van der Waals surface area contributed by atoms with Gasteiger partial charge in [0.1, 0.15) is 6.04 Å².